The van der Waals surface area contributed by atoms with Crippen LogP contribution in [0.1, 0.15) is 63.4 Å². The zero-order valence-electron chi connectivity index (χ0n) is 12.6. The molecule has 1 aromatic rings. The van der Waals surface area contributed by atoms with E-state index < -0.39 is 23.4 Å². The predicted octanol–water partition coefficient (Wildman–Crippen LogP) is 6.20. The van der Waals surface area contributed by atoms with Crippen LogP contribution in [0.25, 0.3) is 0 Å². The zero-order chi connectivity index (χ0) is 16.3. The van der Waals surface area contributed by atoms with Crippen LogP contribution in [0.3, 0.4) is 0 Å². The molecule has 0 saturated heterocycles. The molecule has 1 aromatic carbocycles. The normalized spacial score (nSPS) is 22.8. The van der Waals surface area contributed by atoms with Gasteiger partial charge in [0, 0.05) is 12.8 Å². The molecule has 0 heterocycles. The fraction of sp³-hybridized carbons (Fsp3) is 0.647. The lowest BCUT2D eigenvalue weighted by atomic mass is 9.77. The molecule has 0 aromatic heterocycles. The molecule has 0 radical (unpaired) electrons. The molecule has 124 valence electrons. The minimum Gasteiger partial charge on any atom is -0.207 e. The molecule has 0 unspecified atom stereocenters. The highest BCUT2D eigenvalue weighted by molar-refractivity contribution is 5.23. The molecule has 0 amide bonds. The van der Waals surface area contributed by atoms with Crippen LogP contribution in [0.15, 0.2) is 12.1 Å². The highest BCUT2D eigenvalue weighted by Crippen LogP contribution is 2.39. The second-order valence-electron chi connectivity index (χ2n) is 6.26. The molecule has 5 heteroatoms. The predicted molar refractivity (Wildman–Crippen MR) is 75.5 cm³/mol. The van der Waals surface area contributed by atoms with Gasteiger partial charge in [-0.2, -0.15) is 0 Å². The van der Waals surface area contributed by atoms with Crippen molar-refractivity contribution in [1.29, 1.82) is 0 Å². The number of hydrogen-bond donors (Lipinski definition) is 0. The van der Waals surface area contributed by atoms with Crippen molar-refractivity contribution in [2.75, 3.05) is 0 Å². The summed E-state index contributed by atoms with van der Waals surface area (Å²) in [6, 6.07) is 2.10. The van der Waals surface area contributed by atoms with Gasteiger partial charge in [-0.15, -0.1) is 0 Å². The molecule has 0 atom stereocenters. The lowest BCUT2D eigenvalue weighted by molar-refractivity contribution is -0.0184. The van der Waals surface area contributed by atoms with Crippen LogP contribution in [0, 0.1) is 23.4 Å². The van der Waals surface area contributed by atoms with Gasteiger partial charge in [0.2, 0.25) is 5.92 Å². The van der Waals surface area contributed by atoms with Crippen molar-refractivity contribution >= 4 is 0 Å². The number of alkyl halides is 2. The van der Waals surface area contributed by atoms with Gasteiger partial charge in [0.05, 0.1) is 0 Å². The highest BCUT2D eigenvalue weighted by atomic mass is 19.3. The first kappa shape index (κ1) is 17.2. The maximum Gasteiger partial charge on any atom is 0.247 e. The zero-order valence-corrected chi connectivity index (χ0v) is 12.6. The molecular formula is C17H21F5. The van der Waals surface area contributed by atoms with E-state index in [2.05, 4.69) is 0 Å². The summed E-state index contributed by atoms with van der Waals surface area (Å²) in [6.07, 6.45) is 3.19. The standard InChI is InChI=1S/C17H21F5/c1-2-17(21,22)8-7-11-3-5-12(6-4-11)13-9-14(18)16(20)15(19)10-13/h9-12H,2-8H2,1H3. The molecule has 0 nitrogen and oxygen atoms in total. The lowest BCUT2D eigenvalue weighted by Gasteiger charge is -2.29. The summed E-state index contributed by atoms with van der Waals surface area (Å²) in [5, 5.41) is 0. The van der Waals surface area contributed by atoms with Crippen molar-refractivity contribution in [3.05, 3.63) is 35.1 Å². The van der Waals surface area contributed by atoms with E-state index in [0.717, 1.165) is 25.0 Å². The maximum atomic E-state index is 13.3. The average Bonchev–Trinajstić information content (AvgIpc) is 2.51. The fourth-order valence-electron chi connectivity index (χ4n) is 3.19. The molecule has 1 aliphatic rings. The smallest absolute Gasteiger partial charge is 0.207 e. The summed E-state index contributed by atoms with van der Waals surface area (Å²) >= 11 is 0. The first-order chi connectivity index (χ1) is 10.3. The van der Waals surface area contributed by atoms with Crippen molar-refractivity contribution in [2.24, 2.45) is 5.92 Å². The van der Waals surface area contributed by atoms with E-state index in [-0.39, 0.29) is 24.7 Å². The molecule has 1 saturated carbocycles. The second-order valence-corrected chi connectivity index (χ2v) is 6.26. The Balaban J connectivity index is 1.90. The van der Waals surface area contributed by atoms with Gasteiger partial charge in [-0.3, -0.25) is 0 Å². The van der Waals surface area contributed by atoms with E-state index in [1.54, 1.807) is 0 Å². The average molecular weight is 320 g/mol. The molecule has 0 spiro atoms. The Labute approximate surface area is 127 Å². The number of rotatable bonds is 5. The van der Waals surface area contributed by atoms with Gasteiger partial charge in [0.1, 0.15) is 0 Å². The largest absolute Gasteiger partial charge is 0.247 e. The van der Waals surface area contributed by atoms with E-state index in [1.807, 2.05) is 0 Å². The summed E-state index contributed by atoms with van der Waals surface area (Å²) in [5.41, 5.74) is 0.466. The molecule has 1 aliphatic carbocycles. The summed E-state index contributed by atoms with van der Waals surface area (Å²) in [5.74, 6) is -6.16. The van der Waals surface area contributed by atoms with Crippen LogP contribution in [-0.4, -0.2) is 5.92 Å². The van der Waals surface area contributed by atoms with Crippen LogP contribution in [-0.2, 0) is 0 Å². The van der Waals surface area contributed by atoms with Crippen LogP contribution in [0.5, 0.6) is 0 Å². The minimum absolute atomic E-state index is 0.0208. The first-order valence-corrected chi connectivity index (χ1v) is 7.84. The summed E-state index contributed by atoms with van der Waals surface area (Å²) in [6.45, 7) is 1.48. The van der Waals surface area contributed by atoms with Gasteiger partial charge in [0.15, 0.2) is 17.5 Å². The topological polar surface area (TPSA) is 0 Å². The van der Waals surface area contributed by atoms with Crippen LogP contribution >= 0.6 is 0 Å². The van der Waals surface area contributed by atoms with Crippen molar-refractivity contribution in [3.8, 4) is 0 Å². The molecular weight excluding hydrogens is 299 g/mol. The molecule has 0 aliphatic heterocycles. The minimum atomic E-state index is -2.60. The van der Waals surface area contributed by atoms with Gasteiger partial charge in [-0.05, 0) is 61.6 Å². The van der Waals surface area contributed by atoms with Gasteiger partial charge in [-0.25, -0.2) is 22.0 Å². The Morgan fingerprint density at radius 2 is 1.55 bits per heavy atom. The Hall–Kier alpha value is -1.13. The van der Waals surface area contributed by atoms with Gasteiger partial charge < -0.3 is 0 Å². The van der Waals surface area contributed by atoms with E-state index in [4.69, 9.17) is 0 Å². The Bertz CT molecular complexity index is 481. The van der Waals surface area contributed by atoms with E-state index >= 15 is 0 Å². The molecule has 1 fully saturated rings. The molecule has 0 bridgehead atoms. The van der Waals surface area contributed by atoms with E-state index in [9.17, 15) is 22.0 Å². The maximum absolute atomic E-state index is 13.3. The van der Waals surface area contributed by atoms with Gasteiger partial charge in [-0.1, -0.05) is 6.92 Å². The molecule has 22 heavy (non-hydrogen) atoms. The van der Waals surface area contributed by atoms with E-state index in [1.165, 1.54) is 6.92 Å². The van der Waals surface area contributed by atoms with Gasteiger partial charge >= 0.3 is 0 Å². The second kappa shape index (κ2) is 6.97. The monoisotopic (exact) mass is 320 g/mol. The summed E-state index contributed by atoms with van der Waals surface area (Å²) < 4.78 is 66.0. The number of benzene rings is 1. The van der Waals surface area contributed by atoms with Crippen LogP contribution in [0.2, 0.25) is 0 Å². The van der Waals surface area contributed by atoms with Crippen LogP contribution < -0.4 is 0 Å². The summed E-state index contributed by atoms with van der Waals surface area (Å²) in [4.78, 5) is 0. The Morgan fingerprint density at radius 1 is 1.00 bits per heavy atom. The Morgan fingerprint density at radius 3 is 2.05 bits per heavy atom. The van der Waals surface area contributed by atoms with Gasteiger partial charge in [0.25, 0.3) is 0 Å². The SMILES string of the molecule is CCC(F)(F)CCC1CCC(c2cc(F)c(F)c(F)c2)CC1. The quantitative estimate of drug-likeness (QED) is 0.447. The van der Waals surface area contributed by atoms with E-state index in [0.29, 0.717) is 24.8 Å². The highest BCUT2D eigenvalue weighted by Gasteiger charge is 2.29. The van der Waals surface area contributed by atoms with Crippen molar-refractivity contribution in [1.82, 2.24) is 0 Å². The summed E-state index contributed by atoms with van der Waals surface area (Å²) in [7, 11) is 0. The number of halogens is 5. The fourth-order valence-corrected chi connectivity index (χ4v) is 3.19. The third-order valence-electron chi connectivity index (χ3n) is 4.76. The third kappa shape index (κ3) is 4.20. The third-order valence-corrected chi connectivity index (χ3v) is 4.76. The van der Waals surface area contributed by atoms with Crippen molar-refractivity contribution in [3.63, 3.8) is 0 Å². The first-order valence-electron chi connectivity index (χ1n) is 7.84. The van der Waals surface area contributed by atoms with Crippen LogP contribution in [0.4, 0.5) is 22.0 Å². The molecule has 0 N–H and O–H groups in total. The van der Waals surface area contributed by atoms with Crippen molar-refractivity contribution in [2.45, 2.75) is 63.7 Å². The van der Waals surface area contributed by atoms with Crippen molar-refractivity contribution < 1.29 is 22.0 Å². The lowest BCUT2D eigenvalue weighted by Crippen LogP contribution is -2.19. The molecule has 2 rings (SSSR count). The Kier molecular flexibility index (Phi) is 5.45. The number of hydrogen-bond acceptors (Lipinski definition) is 0.